The Hall–Kier alpha value is -2.38. The van der Waals surface area contributed by atoms with Crippen LogP contribution in [-0.4, -0.2) is 0 Å². The number of nitrogens with one attached hydrogen (secondary N) is 1. The van der Waals surface area contributed by atoms with Crippen LogP contribution in [0.2, 0.25) is 0 Å². The first-order chi connectivity index (χ1) is 10.4. The predicted molar refractivity (Wildman–Crippen MR) is 87.3 cm³/mol. The summed E-state index contributed by atoms with van der Waals surface area (Å²) in [5.74, 6) is 0. The van der Waals surface area contributed by atoms with Gasteiger partial charge in [-0.15, -0.1) is 0 Å². The molecular formula is C20H16ClN. The number of benzene rings is 3. The van der Waals surface area contributed by atoms with Crippen molar-refractivity contribution in [1.29, 1.82) is 0 Å². The molecule has 0 radical (unpaired) electrons. The molecule has 1 nitrogen and oxygen atoms in total. The monoisotopic (exact) mass is 305 g/mol. The zero-order valence-electron chi connectivity index (χ0n) is 12.1. The van der Waals surface area contributed by atoms with E-state index in [4.69, 9.17) is 0 Å². The minimum atomic E-state index is 0. The van der Waals surface area contributed by atoms with E-state index < -0.39 is 0 Å². The Kier molecular flexibility index (Phi) is 4.08. The Morgan fingerprint density at radius 1 is 0.682 bits per heavy atom. The van der Waals surface area contributed by atoms with Gasteiger partial charge in [-0.2, -0.15) is 0 Å². The maximum absolute atomic E-state index is 3.54. The number of para-hydroxylation sites is 1. The Morgan fingerprint density at radius 2 is 1.41 bits per heavy atom. The summed E-state index contributed by atoms with van der Waals surface area (Å²) in [7, 11) is 0. The number of H-pyrrole nitrogens is 1. The van der Waals surface area contributed by atoms with Gasteiger partial charge in [0.1, 0.15) is 0 Å². The smallest absolute Gasteiger partial charge is 0.211 e. The fourth-order valence-electron chi connectivity index (χ4n) is 2.90. The quantitative estimate of drug-likeness (QED) is 0.497. The van der Waals surface area contributed by atoms with Crippen LogP contribution in [0.4, 0.5) is 0 Å². The highest BCUT2D eigenvalue weighted by Gasteiger charge is 2.09. The number of aromatic nitrogens is 1. The van der Waals surface area contributed by atoms with Gasteiger partial charge in [-0.05, 0) is 29.7 Å². The summed E-state index contributed by atoms with van der Waals surface area (Å²) in [6.45, 7) is 0. The lowest BCUT2D eigenvalue weighted by molar-refractivity contribution is -0.310. The van der Waals surface area contributed by atoms with E-state index in [1.54, 1.807) is 0 Å². The van der Waals surface area contributed by atoms with E-state index in [0.29, 0.717) is 0 Å². The van der Waals surface area contributed by atoms with E-state index in [1.165, 1.54) is 32.9 Å². The van der Waals surface area contributed by atoms with Crippen LogP contribution in [0.5, 0.6) is 0 Å². The molecule has 0 aliphatic rings. The maximum atomic E-state index is 3.54. The first-order valence-corrected chi connectivity index (χ1v) is 7.27. The molecule has 3 aromatic carbocycles. The Balaban J connectivity index is 0.00000144. The minimum absolute atomic E-state index is 0. The molecule has 1 N–H and O–H groups in total. The molecule has 1 aromatic heterocycles. The lowest BCUT2D eigenvalue weighted by Gasteiger charge is -2.05. The predicted octanol–water partition coefficient (Wildman–Crippen LogP) is 1.40. The summed E-state index contributed by atoms with van der Waals surface area (Å²) in [4.78, 5) is 3.54. The number of aromatic amines is 1. The molecule has 4 aromatic rings. The number of fused-ring (bicyclic) bond motifs is 2. The first-order valence-electron chi connectivity index (χ1n) is 7.27. The third kappa shape index (κ3) is 2.68. The number of rotatable bonds is 2. The second kappa shape index (κ2) is 6.17. The molecule has 0 fully saturated rings. The lowest BCUT2D eigenvalue weighted by Crippen LogP contribution is -3.00. The second-order valence-electron chi connectivity index (χ2n) is 5.40. The van der Waals surface area contributed by atoms with Crippen molar-refractivity contribution < 1.29 is 17.4 Å². The average molecular weight is 306 g/mol. The Morgan fingerprint density at radius 3 is 2.27 bits per heavy atom. The van der Waals surface area contributed by atoms with Crippen LogP contribution in [0.3, 0.4) is 0 Å². The summed E-state index contributed by atoms with van der Waals surface area (Å²) in [5.41, 5.74) is 5.09. The molecule has 22 heavy (non-hydrogen) atoms. The molecular weight excluding hydrogens is 290 g/mol. The average Bonchev–Trinajstić information content (AvgIpc) is 2.54. The number of hydrogen-bond acceptors (Lipinski definition) is 0. The summed E-state index contributed by atoms with van der Waals surface area (Å²) in [6, 6.07) is 27.9. The van der Waals surface area contributed by atoms with Crippen molar-refractivity contribution in [3.63, 3.8) is 0 Å². The van der Waals surface area contributed by atoms with Crippen molar-refractivity contribution in [3.05, 3.63) is 90.0 Å². The minimum Gasteiger partial charge on any atom is -1.00 e. The number of halogens is 1. The van der Waals surface area contributed by atoms with Crippen LogP contribution in [-0.2, 0) is 6.42 Å². The lowest BCUT2D eigenvalue weighted by atomic mass is 9.99. The van der Waals surface area contributed by atoms with Crippen LogP contribution < -0.4 is 17.4 Å². The van der Waals surface area contributed by atoms with Crippen molar-refractivity contribution in [3.8, 4) is 0 Å². The van der Waals surface area contributed by atoms with Crippen LogP contribution >= 0.6 is 0 Å². The van der Waals surface area contributed by atoms with Gasteiger partial charge >= 0.3 is 0 Å². The molecule has 0 amide bonds. The molecule has 108 valence electrons. The summed E-state index contributed by atoms with van der Waals surface area (Å²) < 4.78 is 0. The molecule has 0 bridgehead atoms. The summed E-state index contributed by atoms with van der Waals surface area (Å²) >= 11 is 0. The number of hydrogen-bond donors (Lipinski definition) is 0. The zero-order chi connectivity index (χ0) is 14.1. The molecule has 2 heteroatoms. The molecule has 0 aliphatic carbocycles. The summed E-state index contributed by atoms with van der Waals surface area (Å²) in [6.07, 6.45) is 0.963. The van der Waals surface area contributed by atoms with Crippen LogP contribution in [0, 0.1) is 0 Å². The third-order valence-corrected chi connectivity index (χ3v) is 3.96. The molecule has 0 spiro atoms. The van der Waals surface area contributed by atoms with Gasteiger partial charge in [-0.3, -0.25) is 0 Å². The topological polar surface area (TPSA) is 14.1 Å². The standard InChI is InChI=1S/C20H15N.ClH/c1-2-7-15(8-3-1)13-16-10-6-12-20-18(16)14-17-9-4-5-11-19(17)21-20;/h1-12,14H,13H2;1H. The Labute approximate surface area is 136 Å². The maximum Gasteiger partial charge on any atom is 0.211 e. The van der Waals surface area contributed by atoms with Crippen molar-refractivity contribution in [2.24, 2.45) is 0 Å². The van der Waals surface area contributed by atoms with Gasteiger partial charge in [0.05, 0.1) is 5.39 Å². The molecule has 0 atom stereocenters. The van der Waals surface area contributed by atoms with Crippen molar-refractivity contribution in [2.45, 2.75) is 6.42 Å². The first kappa shape index (κ1) is 14.6. The third-order valence-electron chi connectivity index (χ3n) is 3.96. The van der Waals surface area contributed by atoms with Crippen LogP contribution in [0.15, 0.2) is 78.9 Å². The van der Waals surface area contributed by atoms with E-state index in [1.807, 2.05) is 0 Å². The van der Waals surface area contributed by atoms with E-state index in [9.17, 15) is 0 Å². The largest absolute Gasteiger partial charge is 1.00 e. The molecule has 0 saturated heterocycles. The van der Waals surface area contributed by atoms with Gasteiger partial charge in [0.15, 0.2) is 0 Å². The number of pyridine rings is 1. The van der Waals surface area contributed by atoms with Gasteiger partial charge in [-0.25, -0.2) is 4.98 Å². The molecule has 0 aliphatic heterocycles. The van der Waals surface area contributed by atoms with E-state index in [2.05, 4.69) is 83.8 Å². The van der Waals surface area contributed by atoms with E-state index in [-0.39, 0.29) is 12.4 Å². The second-order valence-corrected chi connectivity index (χ2v) is 5.40. The Bertz CT molecular complexity index is 916. The highest BCUT2D eigenvalue weighted by molar-refractivity contribution is 5.90. The molecule has 1 heterocycles. The fourth-order valence-corrected chi connectivity index (χ4v) is 2.90. The molecule has 4 rings (SSSR count). The van der Waals surface area contributed by atoms with E-state index in [0.717, 1.165) is 6.42 Å². The van der Waals surface area contributed by atoms with Gasteiger partial charge < -0.3 is 12.4 Å². The van der Waals surface area contributed by atoms with Gasteiger partial charge in [0.25, 0.3) is 0 Å². The molecule has 0 saturated carbocycles. The summed E-state index contributed by atoms with van der Waals surface area (Å²) in [5, 5.41) is 2.56. The van der Waals surface area contributed by atoms with Crippen molar-refractivity contribution in [1.82, 2.24) is 0 Å². The van der Waals surface area contributed by atoms with Gasteiger partial charge in [0.2, 0.25) is 11.0 Å². The van der Waals surface area contributed by atoms with Crippen molar-refractivity contribution in [2.75, 3.05) is 0 Å². The van der Waals surface area contributed by atoms with E-state index >= 15 is 0 Å². The SMILES string of the molecule is [Cl-].c1ccc(Cc2cccc3[nH+]c4ccccc4cc23)cc1. The highest BCUT2D eigenvalue weighted by Crippen LogP contribution is 2.22. The zero-order valence-corrected chi connectivity index (χ0v) is 12.8. The van der Waals surface area contributed by atoms with Crippen LogP contribution in [0.1, 0.15) is 11.1 Å². The highest BCUT2D eigenvalue weighted by atomic mass is 35.5. The van der Waals surface area contributed by atoms with Gasteiger partial charge in [-0.1, -0.05) is 54.6 Å². The molecule has 0 unspecified atom stereocenters. The fraction of sp³-hybridized carbons (Fsp3) is 0.0500. The van der Waals surface area contributed by atoms with Crippen molar-refractivity contribution >= 4 is 21.8 Å². The normalized spacial score (nSPS) is 10.5. The van der Waals surface area contributed by atoms with Crippen LogP contribution in [0.25, 0.3) is 21.8 Å². The van der Waals surface area contributed by atoms with Gasteiger partial charge in [0, 0.05) is 17.5 Å².